The fourth-order valence-electron chi connectivity index (χ4n) is 1.27. The number of H-pyrrole nitrogens is 1. The Morgan fingerprint density at radius 3 is 2.79 bits per heavy atom. The highest BCUT2D eigenvalue weighted by Gasteiger charge is 2.06. The minimum atomic E-state index is -0.190. The van der Waals surface area contributed by atoms with Crippen molar-refractivity contribution in [1.29, 1.82) is 0 Å². The first-order valence-corrected chi connectivity index (χ1v) is 4.93. The lowest BCUT2D eigenvalue weighted by atomic mass is 10.1. The number of hydrogen-bond acceptors (Lipinski definition) is 1. The summed E-state index contributed by atoms with van der Waals surface area (Å²) in [4.78, 5) is 0. The second kappa shape index (κ2) is 3.53. The molecule has 2 rings (SSSR count). The molecule has 1 aromatic heterocycles. The number of aryl methyl sites for hydroxylation is 1. The van der Waals surface area contributed by atoms with Crippen LogP contribution in [0.2, 0.25) is 0 Å². The first kappa shape index (κ1) is 9.40. The molecule has 0 amide bonds. The van der Waals surface area contributed by atoms with E-state index in [0.717, 1.165) is 15.7 Å². The van der Waals surface area contributed by atoms with Crippen LogP contribution in [0.15, 0.2) is 28.9 Å². The van der Waals surface area contributed by atoms with E-state index in [0.29, 0.717) is 5.56 Å². The molecule has 2 aromatic rings. The van der Waals surface area contributed by atoms with Gasteiger partial charge in [-0.15, -0.1) is 0 Å². The van der Waals surface area contributed by atoms with Gasteiger partial charge in [0, 0.05) is 5.56 Å². The SMILES string of the molecule is Cc1cc(-c2[nH]ncc2Br)ccc1F. The summed E-state index contributed by atoms with van der Waals surface area (Å²) < 4.78 is 13.9. The van der Waals surface area contributed by atoms with Gasteiger partial charge in [-0.2, -0.15) is 5.10 Å². The van der Waals surface area contributed by atoms with Gasteiger partial charge in [0.15, 0.2) is 0 Å². The molecular weight excluding hydrogens is 247 g/mol. The highest BCUT2D eigenvalue weighted by molar-refractivity contribution is 9.10. The van der Waals surface area contributed by atoms with Crippen molar-refractivity contribution in [3.8, 4) is 11.3 Å². The van der Waals surface area contributed by atoms with Gasteiger partial charge in [0.2, 0.25) is 0 Å². The number of benzene rings is 1. The average molecular weight is 255 g/mol. The largest absolute Gasteiger partial charge is 0.277 e. The smallest absolute Gasteiger partial charge is 0.126 e. The van der Waals surface area contributed by atoms with E-state index in [9.17, 15) is 4.39 Å². The molecule has 0 aliphatic rings. The molecule has 1 N–H and O–H groups in total. The third-order valence-electron chi connectivity index (χ3n) is 2.04. The fraction of sp³-hybridized carbons (Fsp3) is 0.100. The highest BCUT2D eigenvalue weighted by Crippen LogP contribution is 2.26. The number of hydrogen-bond donors (Lipinski definition) is 1. The van der Waals surface area contributed by atoms with E-state index in [4.69, 9.17) is 0 Å². The van der Waals surface area contributed by atoms with Gasteiger partial charge in [-0.05, 0) is 46.6 Å². The summed E-state index contributed by atoms with van der Waals surface area (Å²) in [5.74, 6) is -0.190. The Morgan fingerprint density at radius 2 is 2.21 bits per heavy atom. The maximum absolute atomic E-state index is 13.0. The van der Waals surface area contributed by atoms with Gasteiger partial charge in [-0.3, -0.25) is 5.10 Å². The molecule has 0 unspecified atom stereocenters. The molecule has 0 saturated carbocycles. The van der Waals surface area contributed by atoms with Crippen LogP contribution in [0.4, 0.5) is 4.39 Å². The third-order valence-corrected chi connectivity index (χ3v) is 2.64. The molecule has 0 bridgehead atoms. The second-order valence-electron chi connectivity index (χ2n) is 3.06. The molecule has 2 nitrogen and oxygen atoms in total. The van der Waals surface area contributed by atoms with E-state index < -0.39 is 0 Å². The molecule has 14 heavy (non-hydrogen) atoms. The van der Waals surface area contributed by atoms with Crippen LogP contribution < -0.4 is 0 Å². The van der Waals surface area contributed by atoms with Gasteiger partial charge < -0.3 is 0 Å². The summed E-state index contributed by atoms with van der Waals surface area (Å²) >= 11 is 3.36. The van der Waals surface area contributed by atoms with E-state index in [2.05, 4.69) is 26.1 Å². The first-order valence-electron chi connectivity index (χ1n) is 4.14. The molecule has 0 atom stereocenters. The monoisotopic (exact) mass is 254 g/mol. The summed E-state index contributed by atoms with van der Waals surface area (Å²) in [6.07, 6.45) is 1.67. The summed E-state index contributed by atoms with van der Waals surface area (Å²) in [5.41, 5.74) is 2.42. The standard InChI is InChI=1S/C10H8BrFN2/c1-6-4-7(2-3-9(6)12)10-8(11)5-13-14-10/h2-5H,1H3,(H,13,14). The van der Waals surface area contributed by atoms with E-state index in [1.54, 1.807) is 25.3 Å². The fourth-order valence-corrected chi connectivity index (χ4v) is 1.69. The predicted molar refractivity (Wildman–Crippen MR) is 56.4 cm³/mol. The second-order valence-corrected chi connectivity index (χ2v) is 3.91. The van der Waals surface area contributed by atoms with E-state index in [1.807, 2.05) is 0 Å². The average Bonchev–Trinajstić information content (AvgIpc) is 2.57. The first-order chi connectivity index (χ1) is 6.68. The minimum absolute atomic E-state index is 0.190. The Bertz CT molecular complexity index is 465. The lowest BCUT2D eigenvalue weighted by Crippen LogP contribution is -1.85. The summed E-state index contributed by atoms with van der Waals surface area (Å²) in [7, 11) is 0. The summed E-state index contributed by atoms with van der Waals surface area (Å²) in [5, 5.41) is 6.73. The molecule has 0 aliphatic carbocycles. The number of halogens is 2. The van der Waals surface area contributed by atoms with Crippen molar-refractivity contribution in [2.75, 3.05) is 0 Å². The van der Waals surface area contributed by atoms with Crippen LogP contribution in [0.1, 0.15) is 5.56 Å². The van der Waals surface area contributed by atoms with E-state index >= 15 is 0 Å². The van der Waals surface area contributed by atoms with Crippen LogP contribution in [0, 0.1) is 12.7 Å². The Morgan fingerprint density at radius 1 is 1.43 bits per heavy atom. The molecule has 1 aromatic carbocycles. The van der Waals surface area contributed by atoms with Crippen LogP contribution in [0.5, 0.6) is 0 Å². The van der Waals surface area contributed by atoms with Crippen molar-refractivity contribution < 1.29 is 4.39 Å². The zero-order valence-electron chi connectivity index (χ0n) is 7.51. The normalized spacial score (nSPS) is 10.5. The molecule has 0 fully saturated rings. The Balaban J connectivity index is 2.53. The summed E-state index contributed by atoms with van der Waals surface area (Å²) in [6.45, 7) is 1.74. The van der Waals surface area contributed by atoms with Gasteiger partial charge >= 0.3 is 0 Å². The van der Waals surface area contributed by atoms with Gasteiger partial charge in [0.25, 0.3) is 0 Å². The van der Waals surface area contributed by atoms with Gasteiger partial charge in [-0.1, -0.05) is 0 Å². The van der Waals surface area contributed by atoms with Crippen molar-refractivity contribution in [1.82, 2.24) is 10.2 Å². The van der Waals surface area contributed by atoms with Crippen molar-refractivity contribution in [2.45, 2.75) is 6.92 Å². The molecular formula is C10H8BrFN2. The van der Waals surface area contributed by atoms with Crippen LogP contribution in [0.3, 0.4) is 0 Å². The maximum Gasteiger partial charge on any atom is 0.126 e. The zero-order chi connectivity index (χ0) is 10.1. The molecule has 72 valence electrons. The molecule has 0 aliphatic heterocycles. The number of nitrogens with one attached hydrogen (secondary N) is 1. The quantitative estimate of drug-likeness (QED) is 0.832. The lowest BCUT2D eigenvalue weighted by Gasteiger charge is -2.01. The zero-order valence-corrected chi connectivity index (χ0v) is 9.10. The van der Waals surface area contributed by atoms with Crippen molar-refractivity contribution in [3.63, 3.8) is 0 Å². The van der Waals surface area contributed by atoms with Crippen LogP contribution in [0.25, 0.3) is 11.3 Å². The van der Waals surface area contributed by atoms with E-state index in [-0.39, 0.29) is 5.82 Å². The number of nitrogens with zero attached hydrogens (tertiary/aromatic N) is 1. The van der Waals surface area contributed by atoms with Gasteiger partial charge in [0.1, 0.15) is 5.82 Å². The third kappa shape index (κ3) is 1.57. The highest BCUT2D eigenvalue weighted by atomic mass is 79.9. The Kier molecular flexibility index (Phi) is 2.37. The van der Waals surface area contributed by atoms with Crippen molar-refractivity contribution in [3.05, 3.63) is 40.2 Å². The lowest BCUT2D eigenvalue weighted by molar-refractivity contribution is 0.619. The summed E-state index contributed by atoms with van der Waals surface area (Å²) in [6, 6.07) is 4.96. The number of aromatic nitrogens is 2. The molecule has 1 heterocycles. The molecule has 0 radical (unpaired) electrons. The van der Waals surface area contributed by atoms with Crippen LogP contribution in [-0.4, -0.2) is 10.2 Å². The maximum atomic E-state index is 13.0. The molecule has 4 heteroatoms. The van der Waals surface area contributed by atoms with Crippen molar-refractivity contribution >= 4 is 15.9 Å². The number of rotatable bonds is 1. The van der Waals surface area contributed by atoms with Crippen LogP contribution in [-0.2, 0) is 0 Å². The Hall–Kier alpha value is -1.16. The van der Waals surface area contributed by atoms with Gasteiger partial charge in [0.05, 0.1) is 16.4 Å². The molecule has 0 spiro atoms. The van der Waals surface area contributed by atoms with Gasteiger partial charge in [-0.25, -0.2) is 4.39 Å². The minimum Gasteiger partial charge on any atom is -0.277 e. The Labute approximate surface area is 89.3 Å². The molecule has 0 saturated heterocycles. The van der Waals surface area contributed by atoms with E-state index in [1.165, 1.54) is 6.07 Å². The van der Waals surface area contributed by atoms with Crippen LogP contribution >= 0.6 is 15.9 Å². The van der Waals surface area contributed by atoms with Crippen molar-refractivity contribution in [2.24, 2.45) is 0 Å². The number of aromatic amines is 1. The topological polar surface area (TPSA) is 28.7 Å². The predicted octanol–water partition coefficient (Wildman–Crippen LogP) is 3.29.